The van der Waals surface area contributed by atoms with Crippen molar-refractivity contribution in [1.29, 1.82) is 0 Å². The van der Waals surface area contributed by atoms with Gasteiger partial charge in [-0.15, -0.1) is 0 Å². The Morgan fingerprint density at radius 3 is 2.47 bits per heavy atom. The fraction of sp³-hybridized carbons (Fsp3) is 0.600. The van der Waals surface area contributed by atoms with Gasteiger partial charge in [0.25, 0.3) is 0 Å². The number of nitrogens with zero attached hydrogens (tertiary/aromatic N) is 3. The molecule has 4 nitrogen and oxygen atoms in total. The van der Waals surface area contributed by atoms with E-state index in [1.54, 1.807) is 0 Å². The molecule has 0 radical (unpaired) electrons. The van der Waals surface area contributed by atoms with E-state index in [2.05, 4.69) is 27.5 Å². The lowest BCUT2D eigenvalue weighted by atomic mass is 10.3. The van der Waals surface area contributed by atoms with Gasteiger partial charge in [0, 0.05) is 36.3 Å². The average molecular weight is 225 g/mol. The molecule has 0 aliphatic carbocycles. The SMILES string of the molecule is CC(S)c1cnc(N2CCOCC2)nc1. The van der Waals surface area contributed by atoms with Crippen molar-refractivity contribution in [2.24, 2.45) is 0 Å². The van der Waals surface area contributed by atoms with Crippen molar-refractivity contribution in [3.8, 4) is 0 Å². The molecule has 1 aromatic heterocycles. The minimum atomic E-state index is 0.184. The van der Waals surface area contributed by atoms with Crippen LogP contribution in [-0.4, -0.2) is 36.3 Å². The van der Waals surface area contributed by atoms with Gasteiger partial charge in [0.2, 0.25) is 5.95 Å². The van der Waals surface area contributed by atoms with Crippen LogP contribution in [0, 0.1) is 0 Å². The van der Waals surface area contributed by atoms with Gasteiger partial charge in [0.1, 0.15) is 0 Å². The van der Waals surface area contributed by atoms with Crippen LogP contribution in [0.1, 0.15) is 17.7 Å². The zero-order valence-electron chi connectivity index (χ0n) is 8.76. The summed E-state index contributed by atoms with van der Waals surface area (Å²) in [6.45, 7) is 5.27. The van der Waals surface area contributed by atoms with Gasteiger partial charge in [0.05, 0.1) is 13.2 Å². The van der Waals surface area contributed by atoms with E-state index in [9.17, 15) is 0 Å². The Balaban J connectivity index is 2.08. The summed E-state index contributed by atoms with van der Waals surface area (Å²) in [5.41, 5.74) is 1.05. The molecule has 0 saturated carbocycles. The molecule has 1 aromatic rings. The van der Waals surface area contributed by atoms with Gasteiger partial charge in [0.15, 0.2) is 0 Å². The van der Waals surface area contributed by atoms with E-state index >= 15 is 0 Å². The minimum Gasteiger partial charge on any atom is -0.378 e. The number of thiol groups is 1. The molecule has 0 aromatic carbocycles. The zero-order chi connectivity index (χ0) is 10.7. The van der Waals surface area contributed by atoms with E-state index < -0.39 is 0 Å². The molecule has 15 heavy (non-hydrogen) atoms. The van der Waals surface area contributed by atoms with Crippen LogP contribution >= 0.6 is 12.6 Å². The van der Waals surface area contributed by atoms with E-state index in [1.165, 1.54) is 0 Å². The first-order chi connectivity index (χ1) is 7.27. The smallest absolute Gasteiger partial charge is 0.225 e. The van der Waals surface area contributed by atoms with E-state index in [4.69, 9.17) is 4.74 Å². The van der Waals surface area contributed by atoms with Crippen LogP contribution in [0.3, 0.4) is 0 Å². The quantitative estimate of drug-likeness (QED) is 0.770. The van der Waals surface area contributed by atoms with Crippen LogP contribution in [0.5, 0.6) is 0 Å². The third-order valence-corrected chi connectivity index (χ3v) is 2.73. The maximum atomic E-state index is 5.27. The second kappa shape index (κ2) is 4.81. The van der Waals surface area contributed by atoms with Crippen LogP contribution in [0.2, 0.25) is 0 Å². The second-order valence-electron chi connectivity index (χ2n) is 3.59. The molecule has 1 aliphatic heterocycles. The first-order valence-electron chi connectivity index (χ1n) is 5.10. The molecular weight excluding hydrogens is 210 g/mol. The first kappa shape index (κ1) is 10.7. The van der Waals surface area contributed by atoms with Crippen molar-refractivity contribution >= 4 is 18.6 Å². The summed E-state index contributed by atoms with van der Waals surface area (Å²) >= 11 is 4.34. The molecule has 5 heteroatoms. The van der Waals surface area contributed by atoms with E-state index in [0.29, 0.717) is 0 Å². The Morgan fingerprint density at radius 1 is 1.33 bits per heavy atom. The average Bonchev–Trinajstić information content (AvgIpc) is 2.30. The molecule has 0 amide bonds. The standard InChI is InChI=1S/C10H15N3OS/c1-8(15)9-6-11-10(12-7-9)13-2-4-14-5-3-13/h6-8,15H,2-5H2,1H3. The van der Waals surface area contributed by atoms with Crippen molar-refractivity contribution in [3.05, 3.63) is 18.0 Å². The highest BCUT2D eigenvalue weighted by molar-refractivity contribution is 7.80. The second-order valence-corrected chi connectivity index (χ2v) is 4.37. The summed E-state index contributed by atoms with van der Waals surface area (Å²) in [4.78, 5) is 10.8. The number of rotatable bonds is 2. The lowest BCUT2D eigenvalue weighted by Crippen LogP contribution is -2.37. The third-order valence-electron chi connectivity index (χ3n) is 2.43. The molecule has 2 heterocycles. The largest absolute Gasteiger partial charge is 0.378 e. The van der Waals surface area contributed by atoms with Gasteiger partial charge in [-0.25, -0.2) is 9.97 Å². The van der Waals surface area contributed by atoms with Crippen LogP contribution < -0.4 is 4.90 Å². The van der Waals surface area contributed by atoms with Gasteiger partial charge in [-0.3, -0.25) is 0 Å². The highest BCUT2D eigenvalue weighted by atomic mass is 32.1. The first-order valence-corrected chi connectivity index (χ1v) is 5.61. The Morgan fingerprint density at radius 2 is 1.93 bits per heavy atom. The summed E-state index contributed by atoms with van der Waals surface area (Å²) in [5.74, 6) is 0.788. The fourth-order valence-corrected chi connectivity index (χ4v) is 1.61. The minimum absolute atomic E-state index is 0.184. The third kappa shape index (κ3) is 2.60. The molecule has 1 atom stereocenters. The molecular formula is C10H15N3OS. The zero-order valence-corrected chi connectivity index (χ0v) is 9.65. The number of anilines is 1. The summed E-state index contributed by atoms with van der Waals surface area (Å²) in [6.07, 6.45) is 3.69. The van der Waals surface area contributed by atoms with Crippen LogP contribution in [0.4, 0.5) is 5.95 Å². The van der Waals surface area contributed by atoms with E-state index in [-0.39, 0.29) is 5.25 Å². The number of morpholine rings is 1. The fourth-order valence-electron chi connectivity index (χ4n) is 1.47. The monoisotopic (exact) mass is 225 g/mol. The van der Waals surface area contributed by atoms with E-state index in [1.807, 2.05) is 19.3 Å². The van der Waals surface area contributed by atoms with Gasteiger partial charge in [-0.05, 0) is 6.92 Å². The Hall–Kier alpha value is -0.810. The number of hydrogen-bond acceptors (Lipinski definition) is 5. The molecule has 1 aliphatic rings. The van der Waals surface area contributed by atoms with Crippen molar-refractivity contribution in [3.63, 3.8) is 0 Å². The predicted molar refractivity (Wildman–Crippen MR) is 62.5 cm³/mol. The topological polar surface area (TPSA) is 38.2 Å². The normalized spacial score (nSPS) is 18.9. The molecule has 1 unspecified atom stereocenters. The number of hydrogen-bond donors (Lipinski definition) is 1. The van der Waals surface area contributed by atoms with E-state index in [0.717, 1.165) is 37.8 Å². The number of aromatic nitrogens is 2. The molecule has 0 spiro atoms. The van der Waals surface area contributed by atoms with Gasteiger partial charge in [-0.1, -0.05) is 0 Å². The molecule has 1 saturated heterocycles. The number of ether oxygens (including phenoxy) is 1. The summed E-state index contributed by atoms with van der Waals surface area (Å²) in [5, 5.41) is 0.184. The van der Waals surface area contributed by atoms with Crippen molar-refractivity contribution < 1.29 is 4.74 Å². The van der Waals surface area contributed by atoms with Crippen LogP contribution in [-0.2, 0) is 4.74 Å². The van der Waals surface area contributed by atoms with Gasteiger partial charge in [-0.2, -0.15) is 12.6 Å². The van der Waals surface area contributed by atoms with Gasteiger partial charge < -0.3 is 9.64 Å². The van der Waals surface area contributed by atoms with Crippen molar-refractivity contribution in [2.45, 2.75) is 12.2 Å². The summed E-state index contributed by atoms with van der Waals surface area (Å²) in [6, 6.07) is 0. The Labute approximate surface area is 95.1 Å². The summed E-state index contributed by atoms with van der Waals surface area (Å²) < 4.78 is 5.27. The highest BCUT2D eigenvalue weighted by Gasteiger charge is 2.13. The maximum Gasteiger partial charge on any atom is 0.225 e. The van der Waals surface area contributed by atoms with Crippen molar-refractivity contribution in [2.75, 3.05) is 31.2 Å². The highest BCUT2D eigenvalue weighted by Crippen LogP contribution is 2.18. The Kier molecular flexibility index (Phi) is 3.43. The lowest BCUT2D eigenvalue weighted by molar-refractivity contribution is 0.122. The summed E-state index contributed by atoms with van der Waals surface area (Å²) in [7, 11) is 0. The maximum absolute atomic E-state index is 5.27. The molecule has 1 fully saturated rings. The Bertz CT molecular complexity index is 309. The predicted octanol–water partition coefficient (Wildman–Crippen LogP) is 1.30. The van der Waals surface area contributed by atoms with Crippen LogP contribution in [0.15, 0.2) is 12.4 Å². The molecule has 2 rings (SSSR count). The molecule has 0 N–H and O–H groups in total. The molecule has 0 bridgehead atoms. The van der Waals surface area contributed by atoms with Gasteiger partial charge >= 0.3 is 0 Å². The lowest BCUT2D eigenvalue weighted by Gasteiger charge is -2.26. The van der Waals surface area contributed by atoms with Crippen LogP contribution in [0.25, 0.3) is 0 Å². The van der Waals surface area contributed by atoms with Crippen molar-refractivity contribution in [1.82, 2.24) is 9.97 Å². The molecule has 82 valence electrons.